The molecule has 1 saturated carbocycles. The van der Waals surface area contributed by atoms with Crippen LogP contribution in [0.15, 0.2) is 24.3 Å². The molecule has 0 radical (unpaired) electrons. The largest absolute Gasteiger partial charge is 0.381 e. The van der Waals surface area contributed by atoms with Crippen LogP contribution in [0.4, 0.5) is 5.82 Å². The Hall–Kier alpha value is -1.85. The van der Waals surface area contributed by atoms with Gasteiger partial charge in [-0.25, -0.2) is 4.98 Å². The highest BCUT2D eigenvalue weighted by Gasteiger charge is 2.45. The van der Waals surface area contributed by atoms with Crippen molar-refractivity contribution in [3.05, 3.63) is 35.0 Å². The number of aromatic nitrogens is 2. The lowest BCUT2D eigenvalue weighted by molar-refractivity contribution is -0.127. The highest BCUT2D eigenvalue weighted by atomic mass is 35.5. The van der Waals surface area contributed by atoms with Gasteiger partial charge in [0.2, 0.25) is 5.91 Å². The quantitative estimate of drug-likeness (QED) is 0.818. The molecule has 3 unspecified atom stereocenters. The molecule has 0 bridgehead atoms. The molecular weight excluding hydrogens is 338 g/mol. The third kappa shape index (κ3) is 2.49. The van der Waals surface area contributed by atoms with Gasteiger partial charge in [-0.2, -0.15) is 0 Å². The summed E-state index contributed by atoms with van der Waals surface area (Å²) in [6.07, 6.45) is 2.76. The van der Waals surface area contributed by atoms with Gasteiger partial charge in [-0.05, 0) is 38.3 Å². The summed E-state index contributed by atoms with van der Waals surface area (Å²) in [5.74, 6) is 1.82. The SMILES string of the molecule is COC1CCC2C(C1)C(=O)N(C)c1c(C)nc(-c3ccccc3Cl)n12. The van der Waals surface area contributed by atoms with Gasteiger partial charge in [0.1, 0.15) is 11.6 Å². The van der Waals surface area contributed by atoms with Gasteiger partial charge < -0.3 is 9.30 Å². The van der Waals surface area contributed by atoms with Crippen molar-refractivity contribution in [1.82, 2.24) is 9.55 Å². The molecule has 0 N–H and O–H groups in total. The Morgan fingerprint density at radius 1 is 1.28 bits per heavy atom. The second kappa shape index (κ2) is 6.15. The molecule has 25 heavy (non-hydrogen) atoms. The van der Waals surface area contributed by atoms with E-state index >= 15 is 0 Å². The molecule has 2 aliphatic rings. The van der Waals surface area contributed by atoms with E-state index in [0.717, 1.165) is 42.2 Å². The number of fused-ring (bicyclic) bond motifs is 3. The number of imidazole rings is 1. The van der Waals surface area contributed by atoms with E-state index in [9.17, 15) is 4.79 Å². The summed E-state index contributed by atoms with van der Waals surface area (Å²) in [6, 6.07) is 7.86. The monoisotopic (exact) mass is 359 g/mol. The van der Waals surface area contributed by atoms with Crippen molar-refractivity contribution in [2.45, 2.75) is 38.3 Å². The number of nitrogens with zero attached hydrogens (tertiary/aromatic N) is 3. The first kappa shape index (κ1) is 16.6. The van der Waals surface area contributed by atoms with Gasteiger partial charge >= 0.3 is 0 Å². The number of anilines is 1. The fourth-order valence-corrected chi connectivity index (χ4v) is 4.57. The smallest absolute Gasteiger partial charge is 0.233 e. The standard InChI is InChI=1S/C19H22ClN3O2/c1-11-18-22(2)19(24)14-10-12(25-3)8-9-16(14)23(18)17(21-11)13-6-4-5-7-15(13)20/h4-7,12,14,16H,8-10H2,1-3H3. The molecule has 1 aromatic heterocycles. The third-order valence-corrected chi connectivity index (χ3v) is 5.89. The Bertz CT molecular complexity index is 832. The molecule has 132 valence electrons. The topological polar surface area (TPSA) is 47.4 Å². The fraction of sp³-hybridized carbons (Fsp3) is 0.474. The summed E-state index contributed by atoms with van der Waals surface area (Å²) in [6.45, 7) is 1.96. The van der Waals surface area contributed by atoms with E-state index in [2.05, 4.69) is 4.57 Å². The first-order valence-electron chi connectivity index (χ1n) is 8.67. The van der Waals surface area contributed by atoms with Crippen LogP contribution in [0.2, 0.25) is 5.02 Å². The van der Waals surface area contributed by atoms with Crippen molar-refractivity contribution in [2.75, 3.05) is 19.1 Å². The average Bonchev–Trinajstić information content (AvgIpc) is 2.97. The lowest BCUT2D eigenvalue weighted by atomic mass is 9.80. The van der Waals surface area contributed by atoms with Crippen LogP contribution in [0, 0.1) is 12.8 Å². The van der Waals surface area contributed by atoms with E-state index in [0.29, 0.717) is 5.02 Å². The molecule has 1 aliphatic heterocycles. The molecule has 2 aromatic rings. The fourth-order valence-electron chi connectivity index (χ4n) is 4.35. The predicted molar refractivity (Wildman–Crippen MR) is 98.0 cm³/mol. The molecule has 1 aliphatic carbocycles. The van der Waals surface area contributed by atoms with E-state index in [4.69, 9.17) is 21.3 Å². The van der Waals surface area contributed by atoms with Crippen LogP contribution in [0.25, 0.3) is 11.4 Å². The molecule has 1 amide bonds. The summed E-state index contributed by atoms with van der Waals surface area (Å²) in [4.78, 5) is 19.5. The summed E-state index contributed by atoms with van der Waals surface area (Å²) >= 11 is 6.44. The number of methoxy groups -OCH3 is 1. The second-order valence-electron chi connectivity index (χ2n) is 6.94. The zero-order valence-corrected chi connectivity index (χ0v) is 15.5. The minimum Gasteiger partial charge on any atom is -0.381 e. The summed E-state index contributed by atoms with van der Waals surface area (Å²) in [7, 11) is 3.57. The average molecular weight is 360 g/mol. The van der Waals surface area contributed by atoms with Crippen molar-refractivity contribution in [2.24, 2.45) is 5.92 Å². The number of amides is 1. The number of ether oxygens (including phenoxy) is 1. The zero-order chi connectivity index (χ0) is 17.7. The van der Waals surface area contributed by atoms with E-state index in [1.165, 1.54) is 0 Å². The summed E-state index contributed by atoms with van der Waals surface area (Å²) in [5.41, 5.74) is 1.77. The second-order valence-corrected chi connectivity index (χ2v) is 7.34. The molecule has 2 heterocycles. The van der Waals surface area contributed by atoms with Gasteiger partial charge in [0.15, 0.2) is 0 Å². The van der Waals surface area contributed by atoms with Crippen molar-refractivity contribution >= 4 is 23.3 Å². The molecule has 1 fully saturated rings. The number of hydrogen-bond acceptors (Lipinski definition) is 3. The van der Waals surface area contributed by atoms with Crippen molar-refractivity contribution in [3.63, 3.8) is 0 Å². The lowest BCUT2D eigenvalue weighted by Crippen LogP contribution is -2.47. The number of hydrogen-bond donors (Lipinski definition) is 0. The van der Waals surface area contributed by atoms with Crippen LogP contribution >= 0.6 is 11.6 Å². The Kier molecular flexibility index (Phi) is 4.08. The van der Waals surface area contributed by atoms with Crippen molar-refractivity contribution in [3.8, 4) is 11.4 Å². The molecule has 3 atom stereocenters. The first-order valence-corrected chi connectivity index (χ1v) is 9.04. The molecular formula is C19H22ClN3O2. The Balaban J connectivity index is 1.89. The molecule has 4 rings (SSSR count). The van der Waals surface area contributed by atoms with Crippen molar-refractivity contribution in [1.29, 1.82) is 0 Å². The highest BCUT2D eigenvalue weighted by molar-refractivity contribution is 6.33. The van der Waals surface area contributed by atoms with Crippen LogP contribution in [-0.4, -0.2) is 35.7 Å². The van der Waals surface area contributed by atoms with E-state index in [1.54, 1.807) is 12.0 Å². The number of benzene rings is 1. The number of halogens is 1. The molecule has 0 spiro atoms. The Morgan fingerprint density at radius 3 is 2.76 bits per heavy atom. The summed E-state index contributed by atoms with van der Waals surface area (Å²) in [5, 5.41) is 0.678. The van der Waals surface area contributed by atoms with Crippen LogP contribution in [0.3, 0.4) is 0 Å². The van der Waals surface area contributed by atoms with Crippen LogP contribution in [-0.2, 0) is 9.53 Å². The zero-order valence-electron chi connectivity index (χ0n) is 14.7. The minimum atomic E-state index is -0.0777. The van der Waals surface area contributed by atoms with Crippen LogP contribution in [0.5, 0.6) is 0 Å². The van der Waals surface area contributed by atoms with Gasteiger partial charge in [-0.1, -0.05) is 23.7 Å². The van der Waals surface area contributed by atoms with Gasteiger partial charge in [0.25, 0.3) is 0 Å². The van der Waals surface area contributed by atoms with Gasteiger partial charge in [0.05, 0.1) is 22.7 Å². The van der Waals surface area contributed by atoms with Gasteiger partial charge in [-0.3, -0.25) is 9.69 Å². The number of aryl methyl sites for hydroxylation is 1. The minimum absolute atomic E-state index is 0.0777. The van der Waals surface area contributed by atoms with Crippen LogP contribution in [0.1, 0.15) is 31.0 Å². The van der Waals surface area contributed by atoms with E-state index < -0.39 is 0 Å². The van der Waals surface area contributed by atoms with E-state index in [-0.39, 0.29) is 24.0 Å². The maximum Gasteiger partial charge on any atom is 0.233 e. The Labute approximate surface area is 152 Å². The molecule has 0 saturated heterocycles. The molecule has 1 aromatic carbocycles. The lowest BCUT2D eigenvalue weighted by Gasteiger charge is -2.43. The number of carbonyl (C=O) groups excluding carboxylic acids is 1. The molecule has 6 heteroatoms. The predicted octanol–water partition coefficient (Wildman–Crippen LogP) is 3.84. The maximum atomic E-state index is 13.0. The molecule has 5 nitrogen and oxygen atoms in total. The summed E-state index contributed by atoms with van der Waals surface area (Å²) < 4.78 is 7.76. The van der Waals surface area contributed by atoms with E-state index in [1.807, 2.05) is 38.2 Å². The number of rotatable bonds is 2. The normalized spacial score (nSPS) is 25.7. The first-order chi connectivity index (χ1) is 12.0. The van der Waals surface area contributed by atoms with Crippen molar-refractivity contribution < 1.29 is 9.53 Å². The van der Waals surface area contributed by atoms with Crippen LogP contribution < -0.4 is 4.90 Å². The highest BCUT2D eigenvalue weighted by Crippen LogP contribution is 2.46. The Morgan fingerprint density at radius 2 is 2.04 bits per heavy atom. The maximum absolute atomic E-state index is 13.0. The third-order valence-electron chi connectivity index (χ3n) is 5.56. The van der Waals surface area contributed by atoms with Gasteiger partial charge in [0, 0.05) is 25.8 Å². The number of carbonyl (C=O) groups is 1. The van der Waals surface area contributed by atoms with Gasteiger partial charge in [-0.15, -0.1) is 0 Å².